The molecule has 0 atom stereocenters. The quantitative estimate of drug-likeness (QED) is 0.119. The zero-order valence-electron chi connectivity index (χ0n) is 28.9. The zero-order valence-corrected chi connectivity index (χ0v) is 30.4. The molecule has 0 saturated heterocycles. The van der Waals surface area contributed by atoms with Crippen LogP contribution in [-0.4, -0.2) is 22.0 Å². The fourth-order valence-electron chi connectivity index (χ4n) is 5.46. The molecule has 0 bridgehead atoms. The molecule has 1 amide bonds. The summed E-state index contributed by atoms with van der Waals surface area (Å²) >= 11 is 12.3. The molecule has 0 unspecified atom stereocenters. The number of ketones is 2. The number of carbonyl (C=O) groups excluding carboxylic acids is 3. The molecule has 0 saturated carbocycles. The molecule has 0 fully saturated rings. The van der Waals surface area contributed by atoms with E-state index in [0.717, 1.165) is 39.5 Å². The zero-order chi connectivity index (χ0) is 37.0. The molecule has 5 aromatic carbocycles. The molecule has 9 heteroatoms. The van der Waals surface area contributed by atoms with Crippen molar-refractivity contribution >= 4 is 40.7 Å². The minimum absolute atomic E-state index is 0.0119. The van der Waals surface area contributed by atoms with Crippen molar-refractivity contribution in [1.82, 2.24) is 4.57 Å². The molecule has 0 aliphatic rings. The van der Waals surface area contributed by atoms with Gasteiger partial charge in [-0.25, -0.2) is 0 Å². The van der Waals surface area contributed by atoms with Crippen molar-refractivity contribution in [1.29, 1.82) is 0 Å². The Morgan fingerprint density at radius 2 is 1.25 bits per heavy atom. The SMILES string of the molecule is CC(=O)CCC(=O)c1cc(Cl)ccc1OCc1ccccc1.Cc1ccc(-c2cc(Cl)ccc2OCc2ccccc2)n1-c1cccc(C(N)=O)c1. The molecule has 264 valence electrons. The molecular weight excluding hydrogens is 695 g/mol. The van der Waals surface area contributed by atoms with Gasteiger partial charge in [-0.2, -0.15) is 0 Å². The number of ether oxygens (including phenoxy) is 2. The Labute approximate surface area is 313 Å². The Balaban J connectivity index is 0.000000212. The van der Waals surface area contributed by atoms with Crippen LogP contribution in [0.3, 0.4) is 0 Å². The molecule has 6 rings (SSSR count). The maximum Gasteiger partial charge on any atom is 0.248 e. The van der Waals surface area contributed by atoms with E-state index in [9.17, 15) is 14.4 Å². The minimum Gasteiger partial charge on any atom is -0.488 e. The number of Topliss-reactive ketones (excluding diaryl/α,β-unsaturated/α-hetero) is 2. The van der Waals surface area contributed by atoms with Crippen LogP contribution in [0.25, 0.3) is 16.9 Å². The number of hydrogen-bond acceptors (Lipinski definition) is 5. The minimum atomic E-state index is -0.460. The molecule has 6 aromatic rings. The summed E-state index contributed by atoms with van der Waals surface area (Å²) in [6.07, 6.45) is 0.390. The normalized spacial score (nSPS) is 10.5. The Bertz CT molecular complexity index is 2160. The second-order valence-corrected chi connectivity index (χ2v) is 12.9. The van der Waals surface area contributed by atoms with E-state index in [-0.39, 0.29) is 24.4 Å². The Kier molecular flexibility index (Phi) is 13.0. The van der Waals surface area contributed by atoms with Crippen LogP contribution in [0.4, 0.5) is 0 Å². The standard InChI is InChI=1S/C25H21ClN2O2.C18H17ClO3/c1-17-10-12-23(28(17)21-9-5-8-19(14-21)25(27)29)22-15-20(26)11-13-24(22)30-16-18-6-3-2-4-7-18;1-13(20)7-9-17(21)16-11-15(19)8-10-18(16)22-12-14-5-3-2-4-6-14/h2-15H,16H2,1H3,(H2,27,29);2-6,8,10-11H,7,9,12H2,1H3. The van der Waals surface area contributed by atoms with Crippen LogP contribution >= 0.6 is 23.2 Å². The number of nitrogens with zero attached hydrogens (tertiary/aromatic N) is 1. The van der Waals surface area contributed by atoms with Crippen molar-refractivity contribution in [3.05, 3.63) is 171 Å². The first-order valence-electron chi connectivity index (χ1n) is 16.6. The summed E-state index contributed by atoms with van der Waals surface area (Å²) in [5, 5.41) is 1.09. The molecule has 1 aromatic heterocycles. The third kappa shape index (κ3) is 10.2. The summed E-state index contributed by atoms with van der Waals surface area (Å²) in [6, 6.07) is 41.6. The van der Waals surface area contributed by atoms with Gasteiger partial charge in [-0.15, -0.1) is 0 Å². The summed E-state index contributed by atoms with van der Waals surface area (Å²) in [4.78, 5) is 34.9. The molecule has 0 spiro atoms. The van der Waals surface area contributed by atoms with Gasteiger partial charge in [-0.3, -0.25) is 9.59 Å². The lowest BCUT2D eigenvalue weighted by Gasteiger charge is -2.16. The second-order valence-electron chi connectivity index (χ2n) is 12.1. The molecule has 7 nitrogen and oxygen atoms in total. The number of amides is 1. The topological polar surface area (TPSA) is 101 Å². The van der Waals surface area contributed by atoms with Crippen molar-refractivity contribution < 1.29 is 23.9 Å². The average molecular weight is 734 g/mol. The first kappa shape index (κ1) is 37.6. The average Bonchev–Trinajstić information content (AvgIpc) is 3.54. The van der Waals surface area contributed by atoms with E-state index in [4.69, 9.17) is 38.4 Å². The third-order valence-electron chi connectivity index (χ3n) is 8.10. The van der Waals surface area contributed by atoms with Crippen LogP contribution in [0.15, 0.2) is 133 Å². The first-order valence-corrected chi connectivity index (χ1v) is 17.4. The van der Waals surface area contributed by atoms with Crippen LogP contribution in [0.5, 0.6) is 11.5 Å². The van der Waals surface area contributed by atoms with Gasteiger partial charge in [-0.05, 0) is 91.7 Å². The van der Waals surface area contributed by atoms with E-state index in [1.54, 1.807) is 30.3 Å². The Hall–Kier alpha value is -5.63. The highest BCUT2D eigenvalue weighted by atomic mass is 35.5. The van der Waals surface area contributed by atoms with E-state index in [1.807, 2.05) is 110 Å². The maximum atomic E-state index is 12.2. The van der Waals surface area contributed by atoms with Crippen LogP contribution in [0.2, 0.25) is 10.0 Å². The van der Waals surface area contributed by atoms with Gasteiger partial charge in [0.25, 0.3) is 0 Å². The number of primary amides is 1. The van der Waals surface area contributed by atoms with E-state index >= 15 is 0 Å². The van der Waals surface area contributed by atoms with E-state index in [0.29, 0.717) is 40.1 Å². The summed E-state index contributed by atoms with van der Waals surface area (Å²) in [6.45, 7) is 4.30. The van der Waals surface area contributed by atoms with Crippen LogP contribution in [0.1, 0.15) is 57.3 Å². The van der Waals surface area contributed by atoms with Gasteiger partial charge in [0.1, 0.15) is 30.5 Å². The van der Waals surface area contributed by atoms with Gasteiger partial charge in [0, 0.05) is 45.4 Å². The summed E-state index contributed by atoms with van der Waals surface area (Å²) in [5.74, 6) is 0.608. The van der Waals surface area contributed by atoms with Crippen molar-refractivity contribution in [2.45, 2.75) is 39.9 Å². The van der Waals surface area contributed by atoms with Gasteiger partial charge in [0.05, 0.1) is 11.3 Å². The molecular formula is C43H38Cl2N2O5. The van der Waals surface area contributed by atoms with Gasteiger partial charge < -0.3 is 24.6 Å². The number of nitrogens with two attached hydrogens (primary N) is 1. The van der Waals surface area contributed by atoms with Crippen molar-refractivity contribution in [2.75, 3.05) is 0 Å². The highest BCUT2D eigenvalue weighted by Crippen LogP contribution is 2.36. The predicted molar refractivity (Wildman–Crippen MR) is 207 cm³/mol. The number of rotatable bonds is 13. The Morgan fingerprint density at radius 1 is 0.654 bits per heavy atom. The molecule has 1 heterocycles. The van der Waals surface area contributed by atoms with Crippen molar-refractivity contribution in [2.24, 2.45) is 5.73 Å². The van der Waals surface area contributed by atoms with Gasteiger partial charge >= 0.3 is 0 Å². The molecule has 52 heavy (non-hydrogen) atoms. The number of carbonyl (C=O) groups is 3. The van der Waals surface area contributed by atoms with Crippen LogP contribution in [0, 0.1) is 6.92 Å². The lowest BCUT2D eigenvalue weighted by molar-refractivity contribution is -0.117. The fraction of sp³-hybridized carbons (Fsp3) is 0.140. The smallest absolute Gasteiger partial charge is 0.248 e. The summed E-state index contributed by atoms with van der Waals surface area (Å²) in [5.41, 5.74) is 12.1. The van der Waals surface area contributed by atoms with Crippen LogP contribution in [-0.2, 0) is 18.0 Å². The molecule has 0 radical (unpaired) electrons. The number of aromatic nitrogens is 1. The van der Waals surface area contributed by atoms with Crippen molar-refractivity contribution in [3.8, 4) is 28.4 Å². The fourth-order valence-corrected chi connectivity index (χ4v) is 5.80. The number of halogens is 2. The number of benzene rings is 5. The summed E-state index contributed by atoms with van der Waals surface area (Å²) in [7, 11) is 0. The summed E-state index contributed by atoms with van der Waals surface area (Å²) < 4.78 is 14.0. The molecule has 0 aliphatic heterocycles. The Morgan fingerprint density at radius 3 is 1.87 bits per heavy atom. The maximum absolute atomic E-state index is 12.2. The van der Waals surface area contributed by atoms with E-state index < -0.39 is 5.91 Å². The largest absolute Gasteiger partial charge is 0.488 e. The van der Waals surface area contributed by atoms with Crippen molar-refractivity contribution in [3.63, 3.8) is 0 Å². The lowest BCUT2D eigenvalue weighted by Crippen LogP contribution is -2.11. The van der Waals surface area contributed by atoms with E-state index in [1.165, 1.54) is 6.92 Å². The van der Waals surface area contributed by atoms with Crippen LogP contribution < -0.4 is 15.2 Å². The number of aryl methyl sites for hydroxylation is 1. The first-order chi connectivity index (χ1) is 25.1. The van der Waals surface area contributed by atoms with Gasteiger partial charge in [0.2, 0.25) is 5.91 Å². The third-order valence-corrected chi connectivity index (χ3v) is 8.57. The van der Waals surface area contributed by atoms with E-state index in [2.05, 4.69) is 4.57 Å². The monoisotopic (exact) mass is 732 g/mol. The lowest BCUT2D eigenvalue weighted by atomic mass is 10.0. The molecule has 0 aliphatic carbocycles. The predicted octanol–water partition coefficient (Wildman–Crippen LogP) is 10.3. The highest BCUT2D eigenvalue weighted by Gasteiger charge is 2.17. The highest BCUT2D eigenvalue weighted by molar-refractivity contribution is 6.31. The van der Waals surface area contributed by atoms with Gasteiger partial charge in [0.15, 0.2) is 5.78 Å². The van der Waals surface area contributed by atoms with Gasteiger partial charge in [-0.1, -0.05) is 89.9 Å². The number of hydrogen-bond donors (Lipinski definition) is 1. The second kappa shape index (κ2) is 18.0. The molecule has 2 N–H and O–H groups in total.